The van der Waals surface area contributed by atoms with Crippen LogP contribution in [0.5, 0.6) is 0 Å². The van der Waals surface area contributed by atoms with Crippen LogP contribution in [0.2, 0.25) is 5.02 Å². The zero-order chi connectivity index (χ0) is 13.3. The highest BCUT2D eigenvalue weighted by molar-refractivity contribution is 9.10. The zero-order valence-corrected chi connectivity index (χ0v) is 12.7. The van der Waals surface area contributed by atoms with E-state index in [2.05, 4.69) is 28.0 Å². The van der Waals surface area contributed by atoms with Crippen LogP contribution >= 0.6 is 27.5 Å². The molecule has 1 aromatic heterocycles. The van der Waals surface area contributed by atoms with Gasteiger partial charge in [-0.1, -0.05) is 30.7 Å². The van der Waals surface area contributed by atoms with Crippen LogP contribution in [0, 0.1) is 6.92 Å². The predicted octanol–water partition coefficient (Wildman–Crippen LogP) is 4.19. The summed E-state index contributed by atoms with van der Waals surface area (Å²) in [6, 6.07) is 7.94. The SMILES string of the molecule is CCC(c1ccc(Cl)cc1)n1nc(C)c(Br)c1N. The minimum Gasteiger partial charge on any atom is -0.383 e. The first-order valence-corrected chi connectivity index (χ1v) is 6.97. The Labute approximate surface area is 120 Å². The van der Waals surface area contributed by atoms with Crippen molar-refractivity contribution >= 4 is 33.3 Å². The Morgan fingerprint density at radius 2 is 2.00 bits per heavy atom. The molecule has 0 bridgehead atoms. The third-order valence-corrected chi connectivity index (χ3v) is 4.22. The first-order chi connectivity index (χ1) is 8.54. The number of benzene rings is 1. The van der Waals surface area contributed by atoms with Gasteiger partial charge in [-0.3, -0.25) is 0 Å². The summed E-state index contributed by atoms with van der Waals surface area (Å²) >= 11 is 9.36. The van der Waals surface area contributed by atoms with Crippen molar-refractivity contribution in [1.29, 1.82) is 0 Å². The lowest BCUT2D eigenvalue weighted by atomic mass is 10.1. The third kappa shape index (κ3) is 2.40. The number of anilines is 1. The fourth-order valence-corrected chi connectivity index (χ4v) is 2.40. The van der Waals surface area contributed by atoms with Gasteiger partial charge in [0, 0.05) is 5.02 Å². The van der Waals surface area contributed by atoms with E-state index in [0.29, 0.717) is 5.82 Å². The summed E-state index contributed by atoms with van der Waals surface area (Å²) in [7, 11) is 0. The summed E-state index contributed by atoms with van der Waals surface area (Å²) in [5.41, 5.74) is 8.13. The molecule has 2 rings (SSSR count). The van der Waals surface area contributed by atoms with Gasteiger partial charge >= 0.3 is 0 Å². The summed E-state index contributed by atoms with van der Waals surface area (Å²) in [6.45, 7) is 4.05. The number of aromatic nitrogens is 2. The molecule has 0 amide bonds. The van der Waals surface area contributed by atoms with Crippen molar-refractivity contribution < 1.29 is 0 Å². The summed E-state index contributed by atoms with van der Waals surface area (Å²) in [4.78, 5) is 0. The van der Waals surface area contributed by atoms with Crippen LogP contribution in [0.1, 0.15) is 30.6 Å². The molecule has 0 spiro atoms. The average Bonchev–Trinajstić information content (AvgIpc) is 2.61. The van der Waals surface area contributed by atoms with Crippen molar-refractivity contribution in [2.24, 2.45) is 0 Å². The van der Waals surface area contributed by atoms with Gasteiger partial charge in [0.2, 0.25) is 0 Å². The number of nitrogen functional groups attached to an aromatic ring is 1. The van der Waals surface area contributed by atoms with Crippen LogP contribution < -0.4 is 5.73 Å². The number of aryl methyl sites for hydroxylation is 1. The third-order valence-electron chi connectivity index (χ3n) is 2.98. The summed E-state index contributed by atoms with van der Waals surface area (Å²) < 4.78 is 2.73. The van der Waals surface area contributed by atoms with Crippen LogP contribution in [0.3, 0.4) is 0 Å². The molecule has 0 saturated heterocycles. The normalized spacial score (nSPS) is 12.7. The van der Waals surface area contributed by atoms with E-state index in [9.17, 15) is 0 Å². The molecule has 0 radical (unpaired) electrons. The van der Waals surface area contributed by atoms with Crippen molar-refractivity contribution in [3.05, 3.63) is 45.0 Å². The molecule has 0 aliphatic carbocycles. The number of nitrogens with zero attached hydrogens (tertiary/aromatic N) is 2. The van der Waals surface area contributed by atoms with Crippen molar-refractivity contribution in [2.45, 2.75) is 26.3 Å². The maximum atomic E-state index is 6.07. The van der Waals surface area contributed by atoms with Gasteiger partial charge in [-0.2, -0.15) is 5.10 Å². The second-order valence-electron chi connectivity index (χ2n) is 4.20. The molecule has 0 aliphatic rings. The molecule has 2 N–H and O–H groups in total. The molecule has 5 heteroatoms. The molecule has 96 valence electrons. The Bertz CT molecular complexity index is 548. The second-order valence-corrected chi connectivity index (χ2v) is 5.43. The molecular weight excluding hydrogens is 314 g/mol. The summed E-state index contributed by atoms with van der Waals surface area (Å²) in [5.74, 6) is 0.661. The number of halogens is 2. The Morgan fingerprint density at radius 1 is 1.39 bits per heavy atom. The molecule has 18 heavy (non-hydrogen) atoms. The van der Waals surface area contributed by atoms with Gasteiger partial charge in [0.1, 0.15) is 5.82 Å². The Balaban J connectivity index is 2.45. The van der Waals surface area contributed by atoms with Crippen LogP contribution in [-0.2, 0) is 0 Å². The van der Waals surface area contributed by atoms with Gasteiger partial charge in [0.15, 0.2) is 0 Å². The van der Waals surface area contributed by atoms with E-state index in [1.165, 1.54) is 0 Å². The monoisotopic (exact) mass is 327 g/mol. The topological polar surface area (TPSA) is 43.8 Å². The van der Waals surface area contributed by atoms with Gasteiger partial charge in [-0.15, -0.1) is 0 Å². The van der Waals surface area contributed by atoms with Gasteiger partial charge in [-0.25, -0.2) is 4.68 Å². The average molecular weight is 329 g/mol. The van der Waals surface area contributed by atoms with Gasteiger partial charge in [0.25, 0.3) is 0 Å². The van der Waals surface area contributed by atoms with Crippen molar-refractivity contribution in [2.75, 3.05) is 5.73 Å². The number of rotatable bonds is 3. The molecule has 1 heterocycles. The van der Waals surface area contributed by atoms with E-state index in [1.54, 1.807) is 0 Å². The molecule has 3 nitrogen and oxygen atoms in total. The standard InChI is InChI=1S/C13H15BrClN3/c1-3-11(9-4-6-10(15)7-5-9)18-13(16)12(14)8(2)17-18/h4-7,11H,3,16H2,1-2H3. The molecule has 1 aromatic carbocycles. The fourth-order valence-electron chi connectivity index (χ4n) is 2.02. The first kappa shape index (κ1) is 13.4. The second kappa shape index (κ2) is 5.33. The molecular formula is C13H15BrClN3. The Hall–Kier alpha value is -1.00. The lowest BCUT2D eigenvalue weighted by molar-refractivity contribution is 0.513. The number of hydrogen-bond acceptors (Lipinski definition) is 2. The van der Waals surface area contributed by atoms with Gasteiger partial charge in [0.05, 0.1) is 16.2 Å². The Morgan fingerprint density at radius 3 is 2.44 bits per heavy atom. The van der Waals surface area contributed by atoms with Crippen LogP contribution in [0.15, 0.2) is 28.7 Å². The molecule has 0 saturated carbocycles. The van der Waals surface area contributed by atoms with Crippen LogP contribution in [0.4, 0.5) is 5.82 Å². The van der Waals surface area contributed by atoms with E-state index in [-0.39, 0.29) is 6.04 Å². The maximum Gasteiger partial charge on any atom is 0.137 e. The lowest BCUT2D eigenvalue weighted by Crippen LogP contribution is -2.14. The predicted molar refractivity (Wildman–Crippen MR) is 79.0 cm³/mol. The highest BCUT2D eigenvalue weighted by Crippen LogP contribution is 2.30. The van der Waals surface area contributed by atoms with Crippen molar-refractivity contribution in [1.82, 2.24) is 9.78 Å². The minimum absolute atomic E-state index is 0.132. The van der Waals surface area contributed by atoms with Crippen LogP contribution in [-0.4, -0.2) is 9.78 Å². The summed E-state index contributed by atoms with van der Waals surface area (Å²) in [5, 5.41) is 5.23. The van der Waals surface area contributed by atoms with E-state index in [0.717, 1.165) is 27.2 Å². The van der Waals surface area contributed by atoms with Crippen molar-refractivity contribution in [3.63, 3.8) is 0 Å². The number of nitrogens with two attached hydrogens (primary N) is 1. The Kier molecular flexibility index (Phi) is 3.97. The molecule has 2 aromatic rings. The lowest BCUT2D eigenvalue weighted by Gasteiger charge is -2.17. The largest absolute Gasteiger partial charge is 0.383 e. The first-order valence-electron chi connectivity index (χ1n) is 5.80. The number of hydrogen-bond donors (Lipinski definition) is 1. The van der Waals surface area contributed by atoms with E-state index in [1.807, 2.05) is 35.9 Å². The molecule has 1 atom stereocenters. The molecule has 0 aliphatic heterocycles. The molecule has 1 unspecified atom stereocenters. The minimum atomic E-state index is 0.132. The smallest absolute Gasteiger partial charge is 0.137 e. The van der Waals surface area contributed by atoms with Gasteiger partial charge < -0.3 is 5.73 Å². The highest BCUT2D eigenvalue weighted by atomic mass is 79.9. The quantitative estimate of drug-likeness (QED) is 0.918. The maximum absolute atomic E-state index is 6.07. The van der Waals surface area contributed by atoms with E-state index >= 15 is 0 Å². The molecule has 0 fully saturated rings. The van der Waals surface area contributed by atoms with Gasteiger partial charge in [-0.05, 0) is 47.0 Å². The highest BCUT2D eigenvalue weighted by Gasteiger charge is 2.18. The fraction of sp³-hybridized carbons (Fsp3) is 0.308. The van der Waals surface area contributed by atoms with E-state index in [4.69, 9.17) is 17.3 Å². The summed E-state index contributed by atoms with van der Waals surface area (Å²) in [6.07, 6.45) is 0.916. The zero-order valence-electron chi connectivity index (χ0n) is 10.3. The van der Waals surface area contributed by atoms with Crippen molar-refractivity contribution in [3.8, 4) is 0 Å². The van der Waals surface area contributed by atoms with Crippen LogP contribution in [0.25, 0.3) is 0 Å². The van der Waals surface area contributed by atoms with E-state index < -0.39 is 0 Å².